The van der Waals surface area contributed by atoms with Gasteiger partial charge in [0, 0.05) is 22.6 Å². The first-order valence-electron chi connectivity index (χ1n) is 11.9. The summed E-state index contributed by atoms with van der Waals surface area (Å²) in [5.74, 6) is -0.819. The highest BCUT2D eigenvalue weighted by molar-refractivity contribution is 7.92. The van der Waals surface area contributed by atoms with Crippen molar-refractivity contribution in [2.24, 2.45) is 0 Å². The number of carbonyl (C=O) groups excluding carboxylic acids is 2. The van der Waals surface area contributed by atoms with E-state index in [0.29, 0.717) is 27.7 Å². The highest BCUT2D eigenvalue weighted by Crippen LogP contribution is 2.26. The van der Waals surface area contributed by atoms with Gasteiger partial charge < -0.3 is 10.2 Å². The van der Waals surface area contributed by atoms with E-state index in [1.165, 1.54) is 4.90 Å². The molecule has 198 valence electrons. The van der Waals surface area contributed by atoms with E-state index >= 15 is 0 Å². The van der Waals surface area contributed by atoms with Crippen molar-refractivity contribution in [3.63, 3.8) is 0 Å². The molecule has 36 heavy (non-hydrogen) atoms. The molecule has 0 aliphatic heterocycles. The molecule has 0 aliphatic rings. The Kier molecular flexibility index (Phi) is 10.6. The largest absolute Gasteiger partial charge is 0.352 e. The van der Waals surface area contributed by atoms with Crippen LogP contribution in [0.3, 0.4) is 0 Å². The first-order valence-corrected chi connectivity index (χ1v) is 14.5. The van der Waals surface area contributed by atoms with E-state index in [0.717, 1.165) is 28.1 Å². The lowest BCUT2D eigenvalue weighted by Gasteiger charge is -2.34. The Hall–Kier alpha value is -2.29. The third-order valence-corrected chi connectivity index (χ3v) is 7.76. The summed E-state index contributed by atoms with van der Waals surface area (Å²) in [4.78, 5) is 28.3. The molecule has 2 amide bonds. The lowest BCUT2D eigenvalue weighted by atomic mass is 10.1. The molecule has 2 aromatic rings. The van der Waals surface area contributed by atoms with Crippen molar-refractivity contribution >= 4 is 50.7 Å². The number of hydrogen-bond donors (Lipinski definition) is 1. The molecule has 0 radical (unpaired) electrons. The van der Waals surface area contributed by atoms with Crippen molar-refractivity contribution in [2.45, 2.75) is 66.1 Å². The van der Waals surface area contributed by atoms with E-state index in [2.05, 4.69) is 5.32 Å². The highest BCUT2D eigenvalue weighted by atomic mass is 35.5. The molecule has 0 heterocycles. The number of anilines is 1. The van der Waals surface area contributed by atoms with Crippen LogP contribution in [0.2, 0.25) is 10.0 Å². The molecule has 7 nitrogen and oxygen atoms in total. The predicted molar refractivity (Wildman–Crippen MR) is 147 cm³/mol. The first kappa shape index (κ1) is 29.9. The van der Waals surface area contributed by atoms with Crippen molar-refractivity contribution in [2.75, 3.05) is 17.1 Å². The Bertz CT molecular complexity index is 1200. The van der Waals surface area contributed by atoms with Gasteiger partial charge in [0.2, 0.25) is 21.8 Å². The smallest absolute Gasteiger partial charge is 0.244 e. The third kappa shape index (κ3) is 7.85. The molecule has 2 rings (SSSR count). The first-order chi connectivity index (χ1) is 16.8. The van der Waals surface area contributed by atoms with Crippen LogP contribution >= 0.6 is 23.2 Å². The van der Waals surface area contributed by atoms with Gasteiger partial charge in [-0.25, -0.2) is 8.42 Å². The summed E-state index contributed by atoms with van der Waals surface area (Å²) < 4.78 is 26.6. The number of benzene rings is 2. The number of rotatable bonds is 11. The monoisotopic (exact) mass is 555 g/mol. The third-order valence-electron chi connectivity index (χ3n) is 6.04. The van der Waals surface area contributed by atoms with Gasteiger partial charge in [0.25, 0.3) is 0 Å². The van der Waals surface area contributed by atoms with Gasteiger partial charge in [-0.2, -0.15) is 0 Å². The molecule has 0 fully saturated rings. The Morgan fingerprint density at radius 3 is 2.22 bits per heavy atom. The van der Waals surface area contributed by atoms with Gasteiger partial charge in [-0.05, 0) is 62.9 Å². The van der Waals surface area contributed by atoms with Crippen LogP contribution in [0.1, 0.15) is 50.3 Å². The number of hydrogen-bond acceptors (Lipinski definition) is 4. The van der Waals surface area contributed by atoms with Crippen molar-refractivity contribution in [3.05, 3.63) is 63.1 Å². The van der Waals surface area contributed by atoms with Gasteiger partial charge in [-0.3, -0.25) is 13.9 Å². The Balaban J connectivity index is 2.51. The molecule has 0 bridgehead atoms. The second-order valence-corrected chi connectivity index (χ2v) is 11.8. The molecular formula is C26H35Cl2N3O4S. The quantitative estimate of drug-likeness (QED) is 0.418. The van der Waals surface area contributed by atoms with Gasteiger partial charge in [-0.1, -0.05) is 60.8 Å². The van der Waals surface area contributed by atoms with E-state index < -0.39 is 28.5 Å². The van der Waals surface area contributed by atoms with E-state index in [9.17, 15) is 18.0 Å². The molecule has 0 saturated carbocycles. The summed E-state index contributed by atoms with van der Waals surface area (Å²) in [5.41, 5.74) is 2.71. The van der Waals surface area contributed by atoms with Crippen LogP contribution in [-0.2, 0) is 26.2 Å². The summed E-state index contributed by atoms with van der Waals surface area (Å²) >= 11 is 12.4. The molecule has 2 atom stereocenters. The van der Waals surface area contributed by atoms with Gasteiger partial charge in [0.1, 0.15) is 12.6 Å². The lowest BCUT2D eigenvalue weighted by molar-refractivity contribution is -0.140. The number of amides is 2. The SMILES string of the molecule is CC[C@H](C)NC(=O)[C@H](CC)N(Cc1ccc(Cl)cc1Cl)C(=O)CN(c1ccc(C)cc1C)S(C)(=O)=O. The number of sulfonamides is 1. The molecule has 0 aliphatic carbocycles. The zero-order chi connectivity index (χ0) is 27.2. The Morgan fingerprint density at radius 2 is 1.69 bits per heavy atom. The molecule has 0 saturated heterocycles. The lowest BCUT2D eigenvalue weighted by Crippen LogP contribution is -2.53. The molecule has 10 heteroatoms. The molecule has 0 unspecified atom stereocenters. The summed E-state index contributed by atoms with van der Waals surface area (Å²) in [6.45, 7) is 8.92. The predicted octanol–water partition coefficient (Wildman–Crippen LogP) is 5.10. The molecule has 2 aromatic carbocycles. The maximum Gasteiger partial charge on any atom is 0.244 e. The second kappa shape index (κ2) is 12.8. The summed E-state index contributed by atoms with van der Waals surface area (Å²) in [7, 11) is -3.80. The van der Waals surface area contributed by atoms with E-state index in [1.807, 2.05) is 33.8 Å². The zero-order valence-electron chi connectivity index (χ0n) is 21.6. The van der Waals surface area contributed by atoms with Gasteiger partial charge in [-0.15, -0.1) is 0 Å². The Labute approximate surface area is 224 Å². The average Bonchev–Trinajstić information content (AvgIpc) is 2.78. The van der Waals surface area contributed by atoms with Crippen molar-refractivity contribution in [1.29, 1.82) is 0 Å². The average molecular weight is 557 g/mol. The van der Waals surface area contributed by atoms with Crippen LogP contribution in [0.4, 0.5) is 5.69 Å². The minimum atomic E-state index is -3.80. The minimum Gasteiger partial charge on any atom is -0.352 e. The maximum atomic E-state index is 13.8. The van der Waals surface area contributed by atoms with Crippen LogP contribution in [-0.4, -0.2) is 50.0 Å². The van der Waals surface area contributed by atoms with E-state index in [4.69, 9.17) is 23.2 Å². The van der Waals surface area contributed by atoms with E-state index in [1.54, 1.807) is 37.3 Å². The van der Waals surface area contributed by atoms with Crippen LogP contribution in [0.5, 0.6) is 0 Å². The molecule has 0 spiro atoms. The van der Waals surface area contributed by atoms with Crippen molar-refractivity contribution in [1.82, 2.24) is 10.2 Å². The zero-order valence-corrected chi connectivity index (χ0v) is 24.0. The van der Waals surface area contributed by atoms with Crippen molar-refractivity contribution in [3.8, 4) is 0 Å². The fourth-order valence-electron chi connectivity index (χ4n) is 3.87. The standard InChI is InChI=1S/C26H35Cl2N3O4S/c1-7-19(5)29-26(33)23(8-2)30(15-20-10-11-21(27)14-22(20)28)25(32)16-31(36(6,34)35)24-12-9-17(3)13-18(24)4/h9-14,19,23H,7-8,15-16H2,1-6H3,(H,29,33)/t19-,23-/m0/s1. The molecule has 0 aromatic heterocycles. The van der Waals surface area contributed by atoms with Gasteiger partial charge in [0.15, 0.2) is 0 Å². The minimum absolute atomic E-state index is 0.0196. The number of carbonyl (C=O) groups is 2. The van der Waals surface area contributed by atoms with Crippen LogP contribution in [0.15, 0.2) is 36.4 Å². The van der Waals surface area contributed by atoms with Gasteiger partial charge in [0.05, 0.1) is 11.9 Å². The highest BCUT2D eigenvalue weighted by Gasteiger charge is 2.32. The number of halogens is 2. The van der Waals surface area contributed by atoms with Crippen molar-refractivity contribution < 1.29 is 18.0 Å². The number of nitrogens with zero attached hydrogens (tertiary/aromatic N) is 2. The fraction of sp³-hybridized carbons (Fsp3) is 0.462. The maximum absolute atomic E-state index is 13.8. The summed E-state index contributed by atoms with van der Waals surface area (Å²) in [6.07, 6.45) is 2.13. The Morgan fingerprint density at radius 1 is 1.03 bits per heavy atom. The second-order valence-electron chi connectivity index (χ2n) is 9.06. The summed E-state index contributed by atoms with van der Waals surface area (Å²) in [5, 5.41) is 3.74. The normalized spacial score (nSPS) is 13.1. The van der Waals surface area contributed by atoms with Gasteiger partial charge >= 0.3 is 0 Å². The van der Waals surface area contributed by atoms with Crippen LogP contribution in [0.25, 0.3) is 0 Å². The fourth-order valence-corrected chi connectivity index (χ4v) is 5.25. The van der Waals surface area contributed by atoms with Crippen LogP contribution < -0.4 is 9.62 Å². The molecular weight excluding hydrogens is 521 g/mol. The topological polar surface area (TPSA) is 86.8 Å². The molecule has 1 N–H and O–H groups in total. The summed E-state index contributed by atoms with van der Waals surface area (Å²) in [6, 6.07) is 9.37. The number of aryl methyl sites for hydroxylation is 2. The van der Waals surface area contributed by atoms with E-state index in [-0.39, 0.29) is 18.5 Å². The van der Waals surface area contributed by atoms with Crippen LogP contribution in [0, 0.1) is 13.8 Å². The number of nitrogens with one attached hydrogen (secondary N) is 1.